The second-order valence-electron chi connectivity index (χ2n) is 5.46. The second kappa shape index (κ2) is 5.14. The van der Waals surface area contributed by atoms with Gasteiger partial charge in [0.05, 0.1) is 5.54 Å². The van der Waals surface area contributed by atoms with Crippen LogP contribution in [-0.2, 0) is 0 Å². The van der Waals surface area contributed by atoms with Crippen LogP contribution in [0.15, 0.2) is 29.2 Å². The molecule has 2 fully saturated rings. The Kier molecular flexibility index (Phi) is 3.53. The molecule has 0 amide bonds. The minimum Gasteiger partial charge on any atom is -0.363 e. The predicted octanol–water partition coefficient (Wildman–Crippen LogP) is 3.13. The van der Waals surface area contributed by atoms with Crippen molar-refractivity contribution >= 4 is 17.4 Å². The maximum atomic E-state index is 3.60. The van der Waals surface area contributed by atoms with Crippen molar-refractivity contribution in [1.29, 1.82) is 0 Å². The number of nitrogens with one attached hydrogen (secondary N) is 1. The van der Waals surface area contributed by atoms with E-state index in [-0.39, 0.29) is 0 Å². The van der Waals surface area contributed by atoms with Gasteiger partial charge in [-0.3, -0.25) is 0 Å². The Hall–Kier alpha value is -0.670. The highest BCUT2D eigenvalue weighted by molar-refractivity contribution is 7.98. The van der Waals surface area contributed by atoms with Gasteiger partial charge < -0.3 is 10.2 Å². The first kappa shape index (κ1) is 12.4. The molecular weight excluding hydrogens is 240 g/mol. The van der Waals surface area contributed by atoms with E-state index in [9.17, 15) is 0 Å². The van der Waals surface area contributed by atoms with E-state index in [1.807, 2.05) is 11.8 Å². The molecule has 1 saturated carbocycles. The van der Waals surface area contributed by atoms with E-state index in [1.54, 1.807) is 0 Å². The number of anilines is 1. The summed E-state index contributed by atoms with van der Waals surface area (Å²) in [6.07, 6.45) is 7.63. The minimum absolute atomic E-state index is 0.398. The molecule has 1 saturated heterocycles. The van der Waals surface area contributed by atoms with E-state index < -0.39 is 0 Å². The fourth-order valence-electron chi connectivity index (χ4n) is 3.51. The molecule has 98 valence electrons. The van der Waals surface area contributed by atoms with Gasteiger partial charge in [-0.25, -0.2) is 0 Å². The minimum atomic E-state index is 0.398. The van der Waals surface area contributed by atoms with Crippen molar-refractivity contribution in [3.8, 4) is 0 Å². The Morgan fingerprint density at radius 1 is 1.28 bits per heavy atom. The monoisotopic (exact) mass is 262 g/mol. The van der Waals surface area contributed by atoms with Crippen LogP contribution < -0.4 is 10.2 Å². The quantitative estimate of drug-likeness (QED) is 0.824. The number of hydrogen-bond acceptors (Lipinski definition) is 3. The van der Waals surface area contributed by atoms with Gasteiger partial charge in [-0.1, -0.05) is 18.9 Å². The Morgan fingerprint density at radius 3 is 2.89 bits per heavy atom. The van der Waals surface area contributed by atoms with Gasteiger partial charge in [-0.2, -0.15) is 0 Å². The highest BCUT2D eigenvalue weighted by Crippen LogP contribution is 2.39. The van der Waals surface area contributed by atoms with E-state index in [0.29, 0.717) is 5.54 Å². The topological polar surface area (TPSA) is 15.3 Å². The number of nitrogens with zero attached hydrogens (tertiary/aromatic N) is 1. The lowest BCUT2D eigenvalue weighted by Gasteiger charge is -2.47. The van der Waals surface area contributed by atoms with Crippen molar-refractivity contribution in [2.45, 2.75) is 36.1 Å². The van der Waals surface area contributed by atoms with Crippen molar-refractivity contribution in [3.63, 3.8) is 0 Å². The van der Waals surface area contributed by atoms with Gasteiger partial charge in [0.2, 0.25) is 0 Å². The van der Waals surface area contributed by atoms with Crippen LogP contribution in [0.2, 0.25) is 0 Å². The lowest BCUT2D eigenvalue weighted by molar-refractivity contribution is 0.332. The van der Waals surface area contributed by atoms with Gasteiger partial charge >= 0.3 is 0 Å². The van der Waals surface area contributed by atoms with Gasteiger partial charge in [-0.15, -0.1) is 11.8 Å². The lowest BCUT2D eigenvalue weighted by Crippen LogP contribution is -2.60. The summed E-state index contributed by atoms with van der Waals surface area (Å²) in [4.78, 5) is 4.05. The number of piperazine rings is 1. The van der Waals surface area contributed by atoms with E-state index in [2.05, 4.69) is 40.7 Å². The highest BCUT2D eigenvalue weighted by Gasteiger charge is 2.41. The molecule has 0 bridgehead atoms. The van der Waals surface area contributed by atoms with Crippen molar-refractivity contribution in [3.05, 3.63) is 24.3 Å². The SMILES string of the molecule is CSc1cccc(N2CCNCC23CCCC3)c1. The number of thioether (sulfide) groups is 1. The Bertz CT molecular complexity index is 413. The maximum Gasteiger partial charge on any atom is 0.0527 e. The molecule has 2 nitrogen and oxygen atoms in total. The summed E-state index contributed by atoms with van der Waals surface area (Å²) < 4.78 is 0. The summed E-state index contributed by atoms with van der Waals surface area (Å²) in [5.41, 5.74) is 1.82. The number of benzene rings is 1. The molecule has 3 rings (SSSR count). The first-order chi connectivity index (χ1) is 8.84. The predicted molar refractivity (Wildman–Crippen MR) is 79.6 cm³/mol. The molecule has 1 aromatic carbocycles. The zero-order valence-corrected chi connectivity index (χ0v) is 11.9. The third-order valence-electron chi connectivity index (χ3n) is 4.44. The van der Waals surface area contributed by atoms with Gasteiger partial charge in [0.1, 0.15) is 0 Å². The van der Waals surface area contributed by atoms with Gasteiger partial charge in [0.15, 0.2) is 0 Å². The molecule has 2 aliphatic rings. The fourth-order valence-corrected chi connectivity index (χ4v) is 3.96. The second-order valence-corrected chi connectivity index (χ2v) is 6.34. The van der Waals surface area contributed by atoms with Crippen molar-refractivity contribution < 1.29 is 0 Å². The summed E-state index contributed by atoms with van der Waals surface area (Å²) in [5, 5.41) is 3.60. The van der Waals surface area contributed by atoms with Crippen LogP contribution in [0, 0.1) is 0 Å². The molecule has 18 heavy (non-hydrogen) atoms. The molecule has 0 atom stereocenters. The molecule has 1 aliphatic carbocycles. The molecule has 1 aromatic rings. The van der Waals surface area contributed by atoms with Crippen molar-refractivity contribution in [2.75, 3.05) is 30.8 Å². The number of hydrogen-bond donors (Lipinski definition) is 1. The summed E-state index contributed by atoms with van der Waals surface area (Å²) in [6.45, 7) is 3.43. The van der Waals surface area contributed by atoms with E-state index in [0.717, 1.165) is 19.6 Å². The summed E-state index contributed by atoms with van der Waals surface area (Å²) in [5.74, 6) is 0. The normalized spacial score (nSPS) is 22.6. The van der Waals surface area contributed by atoms with Crippen LogP contribution in [0.5, 0.6) is 0 Å². The molecule has 0 radical (unpaired) electrons. The standard InChI is InChI=1S/C15H22N2S/c1-18-14-6-4-5-13(11-14)17-10-9-16-12-15(17)7-2-3-8-15/h4-6,11,16H,2-3,7-10,12H2,1H3. The largest absolute Gasteiger partial charge is 0.363 e. The molecule has 1 spiro atoms. The maximum absolute atomic E-state index is 3.60. The smallest absolute Gasteiger partial charge is 0.0527 e. The average molecular weight is 262 g/mol. The lowest BCUT2D eigenvalue weighted by atomic mass is 9.92. The van der Waals surface area contributed by atoms with E-state index in [4.69, 9.17) is 0 Å². The summed E-state index contributed by atoms with van der Waals surface area (Å²) in [7, 11) is 0. The van der Waals surface area contributed by atoms with Gasteiger partial charge in [0.25, 0.3) is 0 Å². The van der Waals surface area contributed by atoms with Crippen LogP contribution in [-0.4, -0.2) is 31.4 Å². The fraction of sp³-hybridized carbons (Fsp3) is 0.600. The third-order valence-corrected chi connectivity index (χ3v) is 5.16. The van der Waals surface area contributed by atoms with Crippen molar-refractivity contribution in [2.24, 2.45) is 0 Å². The first-order valence-electron chi connectivity index (χ1n) is 6.96. The van der Waals surface area contributed by atoms with Crippen LogP contribution >= 0.6 is 11.8 Å². The van der Waals surface area contributed by atoms with E-state index >= 15 is 0 Å². The van der Waals surface area contributed by atoms with E-state index in [1.165, 1.54) is 36.3 Å². The Balaban J connectivity index is 1.92. The van der Waals surface area contributed by atoms with Gasteiger partial charge in [0, 0.05) is 30.2 Å². The number of rotatable bonds is 2. The average Bonchev–Trinajstić information content (AvgIpc) is 2.88. The molecular formula is C15H22N2S. The highest BCUT2D eigenvalue weighted by atomic mass is 32.2. The van der Waals surface area contributed by atoms with Crippen molar-refractivity contribution in [1.82, 2.24) is 5.32 Å². The zero-order chi connectivity index (χ0) is 12.4. The first-order valence-corrected chi connectivity index (χ1v) is 8.19. The molecule has 0 aromatic heterocycles. The van der Waals surface area contributed by atoms with Crippen LogP contribution in [0.4, 0.5) is 5.69 Å². The molecule has 1 heterocycles. The van der Waals surface area contributed by atoms with Crippen LogP contribution in [0.3, 0.4) is 0 Å². The van der Waals surface area contributed by atoms with Gasteiger partial charge in [-0.05, 0) is 37.3 Å². The summed E-state index contributed by atoms with van der Waals surface area (Å²) >= 11 is 1.84. The van der Waals surface area contributed by atoms with Crippen LogP contribution in [0.25, 0.3) is 0 Å². The Morgan fingerprint density at radius 2 is 2.11 bits per heavy atom. The summed E-state index contributed by atoms with van der Waals surface area (Å²) in [6, 6.07) is 9.05. The van der Waals surface area contributed by atoms with Crippen LogP contribution in [0.1, 0.15) is 25.7 Å². The Labute approximate surface area is 114 Å². The molecule has 1 aliphatic heterocycles. The molecule has 3 heteroatoms. The molecule has 1 N–H and O–H groups in total. The molecule has 0 unspecified atom stereocenters. The zero-order valence-electron chi connectivity index (χ0n) is 11.1. The third kappa shape index (κ3) is 2.14.